The second-order valence-corrected chi connectivity index (χ2v) is 12.6. The predicted molar refractivity (Wildman–Crippen MR) is 150 cm³/mol. The first-order chi connectivity index (χ1) is 21.1. The number of ether oxygens (including phenoxy) is 2. The zero-order valence-corrected chi connectivity index (χ0v) is 25.0. The minimum absolute atomic E-state index is 0.0497. The van der Waals surface area contributed by atoms with Crippen molar-refractivity contribution in [1.29, 1.82) is 0 Å². The molecule has 0 spiro atoms. The molecule has 10 atom stereocenters. The fourth-order valence-corrected chi connectivity index (χ4v) is 6.35. The van der Waals surface area contributed by atoms with Crippen molar-refractivity contribution in [3.8, 4) is 0 Å². The summed E-state index contributed by atoms with van der Waals surface area (Å²) in [4.78, 5) is 46.9. The van der Waals surface area contributed by atoms with E-state index in [1.54, 1.807) is 6.92 Å². The summed E-state index contributed by atoms with van der Waals surface area (Å²) in [5.41, 5.74) is 11.5. The zero-order valence-electron chi connectivity index (χ0n) is 23.2. The fourth-order valence-electron chi connectivity index (χ4n) is 4.26. The summed E-state index contributed by atoms with van der Waals surface area (Å²) in [5, 5.41) is 41.2. The number of nitrogens with zero attached hydrogens (tertiary/aromatic N) is 5. The highest BCUT2D eigenvalue weighted by Crippen LogP contribution is 2.60. The molecule has 45 heavy (non-hydrogen) atoms. The molecule has 23 heteroatoms. The van der Waals surface area contributed by atoms with Crippen LogP contribution in [0.2, 0.25) is 0 Å². The van der Waals surface area contributed by atoms with Gasteiger partial charge in [0.1, 0.15) is 48.5 Å². The van der Waals surface area contributed by atoms with Crippen LogP contribution in [-0.2, 0) is 36.8 Å². The number of carbonyl (C=O) groups is 1. The second kappa shape index (κ2) is 14.2. The van der Waals surface area contributed by atoms with Crippen LogP contribution in [0.3, 0.4) is 0 Å². The molecule has 2 aromatic heterocycles. The molecular formula is C22H31N7O14P2. The molecule has 2 aromatic rings. The Morgan fingerprint density at radius 3 is 2.27 bits per heavy atom. The van der Waals surface area contributed by atoms with E-state index in [-0.39, 0.29) is 22.6 Å². The lowest BCUT2D eigenvalue weighted by molar-refractivity contribution is -0.114. The van der Waals surface area contributed by atoms with Crippen LogP contribution in [0, 0.1) is 0 Å². The van der Waals surface area contributed by atoms with Gasteiger partial charge in [-0.3, -0.25) is 23.4 Å². The third-order valence-corrected chi connectivity index (χ3v) is 9.14. The number of hydrogen-bond donors (Lipinski definition) is 8. The summed E-state index contributed by atoms with van der Waals surface area (Å²) in [7, 11) is -10.7. The number of phosphoric acid groups is 2. The maximum absolute atomic E-state index is 12.4. The van der Waals surface area contributed by atoms with Crippen LogP contribution in [0.1, 0.15) is 13.2 Å². The van der Waals surface area contributed by atoms with Crippen LogP contribution < -0.4 is 11.5 Å². The van der Waals surface area contributed by atoms with Crippen molar-refractivity contribution in [3.63, 3.8) is 0 Å². The molecule has 1 amide bonds. The molecule has 0 aliphatic carbocycles. The number of allylic oxidation sites excluding steroid dienone is 2. The van der Waals surface area contributed by atoms with Crippen LogP contribution in [0.15, 0.2) is 41.4 Å². The third kappa shape index (κ3) is 8.23. The molecule has 2 aliphatic heterocycles. The van der Waals surface area contributed by atoms with Gasteiger partial charge < -0.3 is 51.2 Å². The molecule has 0 bridgehead atoms. The van der Waals surface area contributed by atoms with Gasteiger partial charge in [0.15, 0.2) is 23.9 Å². The normalized spacial score (nSPS) is 32.0. The number of aliphatic imine (C=N–C) groups is 1. The summed E-state index contributed by atoms with van der Waals surface area (Å²) < 4.78 is 50.4. The molecule has 2 saturated heterocycles. The summed E-state index contributed by atoms with van der Waals surface area (Å²) in [6.45, 7) is -0.208. The van der Waals surface area contributed by atoms with Crippen LogP contribution in [0.4, 0.5) is 5.82 Å². The number of nitrogens with two attached hydrogens (primary N) is 2. The Hall–Kier alpha value is -3.01. The van der Waals surface area contributed by atoms with Gasteiger partial charge in [-0.2, -0.15) is 4.31 Å². The molecule has 0 saturated carbocycles. The first-order valence-electron chi connectivity index (χ1n) is 12.9. The van der Waals surface area contributed by atoms with E-state index in [2.05, 4.69) is 28.8 Å². The van der Waals surface area contributed by atoms with Gasteiger partial charge in [0.2, 0.25) is 5.91 Å². The maximum Gasteiger partial charge on any atom is 0.481 e. The van der Waals surface area contributed by atoms with Crippen molar-refractivity contribution in [1.82, 2.24) is 19.5 Å². The van der Waals surface area contributed by atoms with E-state index in [9.17, 15) is 44.1 Å². The van der Waals surface area contributed by atoms with E-state index >= 15 is 0 Å². The molecule has 4 unspecified atom stereocenters. The number of rotatable bonds is 13. The standard InChI is InChI=1S/C22H31N7O14P2/c1-2-10(19(24)34)4-3-5-25-21-16(32)14(30)11(41-21)6-39-44(35,36)43-45(37,38)40-7-12-15(31)17(33)22(42-12)29-9-28-13-18(23)26-8-27-20(13)29/h2-5,8-9,11-12,14-17,21-22,30-33H,6-7H2,1H3,(H2,24,34)(H,35,36)(H,37,38)(H2,23,26,27)/b4-3-,10-2+,25-5?/t11-,12+,14+,15?,16?,17-,21-,22+/m0/s1. The highest BCUT2D eigenvalue weighted by molar-refractivity contribution is 7.61. The van der Waals surface area contributed by atoms with Crippen molar-refractivity contribution in [3.05, 3.63) is 36.5 Å². The number of nitrogen functional groups attached to an aromatic ring is 1. The summed E-state index contributed by atoms with van der Waals surface area (Å²) in [6, 6.07) is 0. The highest BCUT2D eigenvalue weighted by Gasteiger charge is 2.47. The summed E-state index contributed by atoms with van der Waals surface area (Å²) >= 11 is 0. The van der Waals surface area contributed by atoms with E-state index in [1.165, 1.54) is 29.1 Å². The van der Waals surface area contributed by atoms with Crippen molar-refractivity contribution in [2.75, 3.05) is 18.9 Å². The van der Waals surface area contributed by atoms with Crippen molar-refractivity contribution in [2.24, 2.45) is 10.7 Å². The van der Waals surface area contributed by atoms with Gasteiger partial charge >= 0.3 is 15.6 Å². The Morgan fingerprint density at radius 1 is 1.02 bits per heavy atom. The van der Waals surface area contributed by atoms with E-state index in [0.29, 0.717) is 0 Å². The Balaban J connectivity index is 1.29. The summed E-state index contributed by atoms with van der Waals surface area (Å²) in [5.74, 6) is -0.632. The maximum atomic E-state index is 12.4. The number of primary amides is 1. The highest BCUT2D eigenvalue weighted by atomic mass is 31.3. The average Bonchev–Trinajstić information content (AvgIpc) is 3.61. The van der Waals surface area contributed by atoms with Gasteiger partial charge in [-0.1, -0.05) is 6.08 Å². The topological polar surface area (TPSA) is 327 Å². The SMILES string of the molecule is C/C=C(\C=C/C=N[C@H]1O[C@@H](COP(=O)(O)OP(=O)(O)OC[C@H]2O[C@@H](n3cnc4c(N)ncnc43)[C@@H](O)C2O)[C@@H](O)C1O)C(N)=O. The number of aliphatic hydroxyl groups excluding tert-OH is 4. The van der Waals surface area contributed by atoms with Gasteiger partial charge in [-0.25, -0.2) is 24.1 Å². The van der Waals surface area contributed by atoms with Gasteiger partial charge in [0.25, 0.3) is 0 Å². The number of anilines is 1. The zero-order chi connectivity index (χ0) is 33.1. The largest absolute Gasteiger partial charge is 0.481 e. The molecular weight excluding hydrogens is 648 g/mol. The third-order valence-electron chi connectivity index (χ3n) is 6.54. The first kappa shape index (κ1) is 34.9. The predicted octanol–water partition coefficient (Wildman–Crippen LogP) is -2.22. The number of fused-ring (bicyclic) bond motifs is 1. The number of phosphoric ester groups is 2. The second-order valence-electron chi connectivity index (χ2n) is 9.55. The smallest absolute Gasteiger partial charge is 0.387 e. The molecule has 2 fully saturated rings. The molecule has 4 rings (SSSR count). The number of amides is 1. The molecule has 4 heterocycles. The minimum Gasteiger partial charge on any atom is -0.387 e. The lowest BCUT2D eigenvalue weighted by atomic mass is 10.1. The van der Waals surface area contributed by atoms with Crippen LogP contribution in [0.25, 0.3) is 11.2 Å². The van der Waals surface area contributed by atoms with Crippen molar-refractivity contribution in [2.45, 2.75) is 56.0 Å². The number of imidazole rings is 1. The number of hydrogen-bond acceptors (Lipinski definition) is 17. The monoisotopic (exact) mass is 679 g/mol. The first-order valence-corrected chi connectivity index (χ1v) is 15.9. The Labute approximate surface area is 253 Å². The molecule has 248 valence electrons. The molecule has 10 N–H and O–H groups in total. The molecule has 21 nitrogen and oxygen atoms in total. The van der Waals surface area contributed by atoms with Crippen LogP contribution >= 0.6 is 15.6 Å². The lowest BCUT2D eigenvalue weighted by Crippen LogP contribution is -2.34. The van der Waals surface area contributed by atoms with Gasteiger partial charge in [0.05, 0.1) is 19.5 Å². The van der Waals surface area contributed by atoms with Crippen LogP contribution in [0.5, 0.6) is 0 Å². The van der Waals surface area contributed by atoms with E-state index in [4.69, 9.17) is 25.5 Å². The Morgan fingerprint density at radius 2 is 1.64 bits per heavy atom. The number of aromatic nitrogens is 4. The van der Waals surface area contributed by atoms with E-state index in [1.807, 2.05) is 0 Å². The molecule has 2 aliphatic rings. The Bertz CT molecular complexity index is 1570. The number of carbonyl (C=O) groups excluding carboxylic acids is 1. The summed E-state index contributed by atoms with van der Waals surface area (Å²) in [6.07, 6.45) is -4.31. The van der Waals surface area contributed by atoms with E-state index in [0.717, 1.165) is 12.5 Å². The minimum atomic E-state index is -5.36. The fraction of sp³-hybridized carbons (Fsp3) is 0.500. The van der Waals surface area contributed by atoms with Gasteiger partial charge in [0, 0.05) is 11.8 Å². The molecule has 0 radical (unpaired) electrons. The van der Waals surface area contributed by atoms with Crippen molar-refractivity contribution < 1.29 is 67.0 Å². The quantitative estimate of drug-likeness (QED) is 0.0481. The lowest BCUT2D eigenvalue weighted by Gasteiger charge is -2.20. The van der Waals surface area contributed by atoms with E-state index < -0.39 is 83.8 Å². The molecule has 0 aromatic carbocycles. The van der Waals surface area contributed by atoms with Crippen molar-refractivity contribution >= 4 is 44.7 Å². The number of aliphatic hydroxyl groups is 4. The Kier molecular flexibility index (Phi) is 11.0. The average molecular weight is 679 g/mol. The van der Waals surface area contributed by atoms with Gasteiger partial charge in [-0.05, 0) is 19.1 Å². The van der Waals surface area contributed by atoms with Gasteiger partial charge in [-0.15, -0.1) is 0 Å². The van der Waals surface area contributed by atoms with Crippen LogP contribution in [-0.4, -0.2) is 118 Å².